The molecule has 1 heterocycles. The number of alkyl halides is 2. The summed E-state index contributed by atoms with van der Waals surface area (Å²) in [5, 5.41) is 12.2. The molecule has 1 saturated heterocycles. The molecule has 1 fully saturated rings. The molecule has 0 unspecified atom stereocenters. The highest BCUT2D eigenvalue weighted by molar-refractivity contribution is 5.85. The van der Waals surface area contributed by atoms with Crippen LogP contribution in [0.2, 0.25) is 0 Å². The van der Waals surface area contributed by atoms with E-state index in [1.165, 1.54) is 30.3 Å². The Morgan fingerprint density at radius 3 is 2.63 bits per heavy atom. The molecule has 2 aromatic rings. The molecule has 0 saturated carbocycles. The fraction of sp³-hybridized carbons (Fsp3) is 0.333. The van der Waals surface area contributed by atoms with Crippen molar-refractivity contribution in [1.82, 2.24) is 5.32 Å². The second-order valence-corrected chi connectivity index (χ2v) is 6.62. The number of nitrogens with one attached hydrogen (secondary N) is 1. The zero-order chi connectivity index (χ0) is 20.8. The van der Waals surface area contributed by atoms with E-state index in [-0.39, 0.29) is 59.6 Å². The Morgan fingerprint density at radius 1 is 1.23 bits per heavy atom. The molecule has 0 amide bonds. The van der Waals surface area contributed by atoms with E-state index in [1.54, 1.807) is 6.07 Å². The van der Waals surface area contributed by atoms with Gasteiger partial charge in [0.1, 0.15) is 17.3 Å². The number of benzene rings is 2. The molecule has 0 bridgehead atoms. The van der Waals surface area contributed by atoms with Gasteiger partial charge >= 0.3 is 6.61 Å². The number of Topliss-reactive ketones (excluding diaryl/α,β-unsaturated/α-hetero) is 1. The number of carbonyl (C=O) groups is 1. The minimum atomic E-state index is -3.06. The van der Waals surface area contributed by atoms with Gasteiger partial charge in [-0.05, 0) is 35.4 Å². The molecule has 5 nitrogen and oxygen atoms in total. The minimum absolute atomic E-state index is 0. The van der Waals surface area contributed by atoms with Crippen LogP contribution in [0.1, 0.15) is 28.4 Å². The van der Waals surface area contributed by atoms with Crippen LogP contribution in [0.3, 0.4) is 0 Å². The van der Waals surface area contributed by atoms with Crippen molar-refractivity contribution in [1.29, 1.82) is 5.26 Å². The van der Waals surface area contributed by atoms with E-state index in [2.05, 4.69) is 10.1 Å². The molecule has 1 aliphatic heterocycles. The predicted octanol–water partition coefficient (Wildman–Crippen LogP) is 3.74. The molecular formula is C21H20ClF3N2O3. The summed E-state index contributed by atoms with van der Waals surface area (Å²) in [5.41, 5.74) is 1.26. The van der Waals surface area contributed by atoms with Crippen LogP contribution < -0.4 is 10.1 Å². The topological polar surface area (TPSA) is 71.3 Å². The van der Waals surface area contributed by atoms with Gasteiger partial charge in [0.05, 0.1) is 24.3 Å². The van der Waals surface area contributed by atoms with Crippen LogP contribution in [0.15, 0.2) is 36.4 Å². The lowest BCUT2D eigenvalue weighted by atomic mass is 9.98. The van der Waals surface area contributed by atoms with Gasteiger partial charge in [-0.2, -0.15) is 14.0 Å². The van der Waals surface area contributed by atoms with E-state index >= 15 is 0 Å². The van der Waals surface area contributed by atoms with Gasteiger partial charge in [0.15, 0.2) is 0 Å². The SMILES string of the molecule is Cl.N#Cc1ccc(OC(F)F)c(CC(=O)Cc2ccc([C@@H]3CNCCO3)cc2F)c1. The number of morpholine rings is 1. The van der Waals surface area contributed by atoms with Crippen molar-refractivity contribution >= 4 is 18.2 Å². The Labute approximate surface area is 178 Å². The fourth-order valence-electron chi connectivity index (χ4n) is 3.17. The first kappa shape index (κ1) is 23.7. The van der Waals surface area contributed by atoms with Crippen molar-refractivity contribution in [2.45, 2.75) is 25.6 Å². The smallest absolute Gasteiger partial charge is 0.387 e. The lowest BCUT2D eigenvalue weighted by Crippen LogP contribution is -2.33. The summed E-state index contributed by atoms with van der Waals surface area (Å²) in [4.78, 5) is 12.4. The number of rotatable bonds is 7. The van der Waals surface area contributed by atoms with Crippen molar-refractivity contribution in [3.63, 3.8) is 0 Å². The van der Waals surface area contributed by atoms with Gasteiger partial charge < -0.3 is 14.8 Å². The number of nitrogens with zero attached hydrogens (tertiary/aromatic N) is 1. The molecule has 30 heavy (non-hydrogen) atoms. The summed E-state index contributed by atoms with van der Waals surface area (Å²) in [7, 11) is 0. The lowest BCUT2D eigenvalue weighted by molar-refractivity contribution is -0.118. The first-order valence-electron chi connectivity index (χ1n) is 9.06. The summed E-state index contributed by atoms with van der Waals surface area (Å²) in [6, 6.07) is 10.3. The third-order valence-electron chi connectivity index (χ3n) is 4.56. The normalized spacial score (nSPS) is 15.9. The Bertz CT molecular complexity index is 928. The molecule has 0 spiro atoms. The van der Waals surface area contributed by atoms with Gasteiger partial charge in [-0.25, -0.2) is 4.39 Å². The molecular weight excluding hydrogens is 421 g/mol. The van der Waals surface area contributed by atoms with Crippen LogP contribution in [-0.4, -0.2) is 32.1 Å². The largest absolute Gasteiger partial charge is 0.435 e. The number of ether oxygens (including phenoxy) is 2. The van der Waals surface area contributed by atoms with Crippen LogP contribution in [0.25, 0.3) is 0 Å². The quantitative estimate of drug-likeness (QED) is 0.710. The predicted molar refractivity (Wildman–Crippen MR) is 105 cm³/mol. The molecule has 160 valence electrons. The standard InChI is InChI=1S/C21H19F3N2O3.ClH/c22-18-10-15(20-12-26-5-6-28-20)3-2-14(18)8-17(27)9-16-7-13(11-25)1-4-19(16)29-21(23)24;/h1-4,7,10,20-21,26H,5-6,8-9,12H2;1H/t20-;/m0./s1. The Balaban J connectivity index is 0.00000320. The Kier molecular flexibility index (Phi) is 8.66. The fourth-order valence-corrected chi connectivity index (χ4v) is 3.17. The van der Waals surface area contributed by atoms with Crippen molar-refractivity contribution in [3.05, 3.63) is 64.5 Å². The zero-order valence-corrected chi connectivity index (χ0v) is 16.7. The maximum absolute atomic E-state index is 14.5. The first-order valence-corrected chi connectivity index (χ1v) is 9.06. The van der Waals surface area contributed by atoms with E-state index in [1.807, 2.05) is 6.07 Å². The van der Waals surface area contributed by atoms with E-state index in [0.717, 1.165) is 6.54 Å². The van der Waals surface area contributed by atoms with Crippen LogP contribution >= 0.6 is 12.4 Å². The molecule has 1 N–H and O–H groups in total. The average molecular weight is 441 g/mol. The molecule has 2 aromatic carbocycles. The Morgan fingerprint density at radius 2 is 2.00 bits per heavy atom. The van der Waals surface area contributed by atoms with Gasteiger partial charge in [-0.15, -0.1) is 12.4 Å². The summed E-state index contributed by atoms with van der Waals surface area (Å²) < 4.78 is 49.6. The second-order valence-electron chi connectivity index (χ2n) is 6.62. The molecule has 0 aromatic heterocycles. The average Bonchev–Trinajstić information content (AvgIpc) is 2.71. The molecule has 3 rings (SSSR count). The molecule has 0 radical (unpaired) electrons. The van der Waals surface area contributed by atoms with E-state index in [9.17, 15) is 18.0 Å². The highest BCUT2D eigenvalue weighted by atomic mass is 35.5. The second kappa shape index (κ2) is 11.0. The summed E-state index contributed by atoms with van der Waals surface area (Å²) in [5.74, 6) is -1.09. The third kappa shape index (κ3) is 6.20. The third-order valence-corrected chi connectivity index (χ3v) is 4.56. The summed E-state index contributed by atoms with van der Waals surface area (Å²) >= 11 is 0. The van der Waals surface area contributed by atoms with Crippen molar-refractivity contribution in [2.75, 3.05) is 19.7 Å². The van der Waals surface area contributed by atoms with Crippen molar-refractivity contribution in [3.8, 4) is 11.8 Å². The van der Waals surface area contributed by atoms with Crippen molar-refractivity contribution < 1.29 is 27.4 Å². The van der Waals surface area contributed by atoms with E-state index < -0.39 is 12.4 Å². The molecule has 9 heteroatoms. The van der Waals surface area contributed by atoms with Gasteiger partial charge in [0, 0.05) is 31.5 Å². The van der Waals surface area contributed by atoms with Gasteiger partial charge in [-0.3, -0.25) is 4.79 Å². The summed E-state index contributed by atoms with van der Waals surface area (Å²) in [6.45, 7) is -1.19. The lowest BCUT2D eigenvalue weighted by Gasteiger charge is -2.24. The number of hydrogen-bond donors (Lipinski definition) is 1. The molecule has 1 atom stereocenters. The highest BCUT2D eigenvalue weighted by Crippen LogP contribution is 2.25. The summed E-state index contributed by atoms with van der Waals surface area (Å²) in [6.07, 6.45) is -0.708. The number of hydrogen-bond acceptors (Lipinski definition) is 5. The van der Waals surface area contributed by atoms with Gasteiger partial charge in [0.25, 0.3) is 0 Å². The van der Waals surface area contributed by atoms with Crippen LogP contribution in [0.4, 0.5) is 13.2 Å². The molecule has 0 aliphatic carbocycles. The number of carbonyl (C=O) groups excluding carboxylic acids is 1. The minimum Gasteiger partial charge on any atom is -0.435 e. The number of halogens is 4. The zero-order valence-electron chi connectivity index (χ0n) is 15.9. The van der Waals surface area contributed by atoms with Crippen molar-refractivity contribution in [2.24, 2.45) is 0 Å². The van der Waals surface area contributed by atoms with E-state index in [4.69, 9.17) is 10.00 Å². The maximum Gasteiger partial charge on any atom is 0.387 e. The van der Waals surface area contributed by atoms with Gasteiger partial charge in [-0.1, -0.05) is 12.1 Å². The molecule has 1 aliphatic rings. The highest BCUT2D eigenvalue weighted by Gasteiger charge is 2.19. The maximum atomic E-state index is 14.5. The number of nitriles is 1. The van der Waals surface area contributed by atoms with Crippen LogP contribution in [-0.2, 0) is 22.4 Å². The van der Waals surface area contributed by atoms with Crippen LogP contribution in [0, 0.1) is 17.1 Å². The van der Waals surface area contributed by atoms with Gasteiger partial charge in [0.2, 0.25) is 0 Å². The first-order chi connectivity index (χ1) is 14.0. The Hall–Kier alpha value is -2.60. The number of ketones is 1. The monoisotopic (exact) mass is 440 g/mol. The van der Waals surface area contributed by atoms with E-state index in [0.29, 0.717) is 18.7 Å². The van der Waals surface area contributed by atoms with Crippen LogP contribution in [0.5, 0.6) is 5.75 Å².